The number of ether oxygens (including phenoxy) is 1. The van der Waals surface area contributed by atoms with Crippen molar-refractivity contribution in [1.82, 2.24) is 4.90 Å². The summed E-state index contributed by atoms with van der Waals surface area (Å²) in [6, 6.07) is 12.5. The monoisotopic (exact) mass is 374 g/mol. The summed E-state index contributed by atoms with van der Waals surface area (Å²) in [6.45, 7) is 4.40. The molecule has 0 atom stereocenters. The lowest BCUT2D eigenvalue weighted by atomic mass is 10.1. The number of rotatable bonds is 7. The van der Waals surface area contributed by atoms with Crippen LogP contribution >= 0.6 is 11.6 Å². The van der Waals surface area contributed by atoms with Gasteiger partial charge < -0.3 is 15.0 Å². The Morgan fingerprint density at radius 2 is 1.85 bits per heavy atom. The van der Waals surface area contributed by atoms with E-state index in [1.165, 1.54) is 6.92 Å². The molecule has 0 unspecified atom stereocenters. The van der Waals surface area contributed by atoms with Crippen LogP contribution < -0.4 is 10.1 Å². The van der Waals surface area contributed by atoms with Gasteiger partial charge in [-0.2, -0.15) is 0 Å². The molecule has 0 spiro atoms. The maximum Gasteiger partial charge on any atom is 0.253 e. The van der Waals surface area contributed by atoms with Gasteiger partial charge in [-0.25, -0.2) is 0 Å². The van der Waals surface area contributed by atoms with Crippen LogP contribution in [0.1, 0.15) is 29.3 Å². The molecule has 0 aliphatic rings. The Morgan fingerprint density at radius 1 is 1.15 bits per heavy atom. The summed E-state index contributed by atoms with van der Waals surface area (Å²) in [4.78, 5) is 25.5. The quantitative estimate of drug-likeness (QED) is 0.741. The van der Waals surface area contributed by atoms with Gasteiger partial charge in [-0.1, -0.05) is 17.7 Å². The standard InChI is InChI=1S/C20H23ClN2O3/c1-14-5-6-16(13-19(14)22-15(2)24)20(25)23(3)11-4-12-26-18-9-7-17(21)8-10-18/h5-10,13H,4,11-12H2,1-3H3,(H,22,24). The number of hydrogen-bond donors (Lipinski definition) is 1. The topological polar surface area (TPSA) is 58.6 Å². The van der Waals surface area contributed by atoms with Gasteiger partial charge in [0.25, 0.3) is 5.91 Å². The first-order valence-corrected chi connectivity index (χ1v) is 8.76. The molecular weight excluding hydrogens is 352 g/mol. The molecule has 6 heteroatoms. The summed E-state index contributed by atoms with van der Waals surface area (Å²) in [5.74, 6) is 0.496. The van der Waals surface area contributed by atoms with E-state index in [0.29, 0.717) is 35.8 Å². The van der Waals surface area contributed by atoms with Crippen LogP contribution in [0.2, 0.25) is 5.02 Å². The molecule has 26 heavy (non-hydrogen) atoms. The third kappa shape index (κ3) is 5.77. The first-order chi connectivity index (χ1) is 12.4. The molecule has 0 aliphatic carbocycles. The van der Waals surface area contributed by atoms with Crippen LogP contribution in [0.5, 0.6) is 5.75 Å². The smallest absolute Gasteiger partial charge is 0.253 e. The van der Waals surface area contributed by atoms with Crippen molar-refractivity contribution in [3.63, 3.8) is 0 Å². The van der Waals surface area contributed by atoms with Crippen LogP contribution in [0.25, 0.3) is 0 Å². The molecular formula is C20H23ClN2O3. The lowest BCUT2D eigenvalue weighted by Crippen LogP contribution is -2.28. The number of anilines is 1. The van der Waals surface area contributed by atoms with Crippen molar-refractivity contribution in [1.29, 1.82) is 0 Å². The first kappa shape index (κ1) is 19.8. The van der Waals surface area contributed by atoms with Gasteiger partial charge in [0.1, 0.15) is 5.75 Å². The molecule has 2 rings (SSSR count). The summed E-state index contributed by atoms with van der Waals surface area (Å²) >= 11 is 5.83. The minimum absolute atomic E-state index is 0.0944. The Hall–Kier alpha value is -2.53. The van der Waals surface area contributed by atoms with Crippen LogP contribution in [-0.4, -0.2) is 36.9 Å². The number of halogens is 1. The molecule has 0 saturated carbocycles. The Kier molecular flexibility index (Phi) is 7.04. The summed E-state index contributed by atoms with van der Waals surface area (Å²) in [5, 5.41) is 3.41. The number of nitrogens with one attached hydrogen (secondary N) is 1. The highest BCUT2D eigenvalue weighted by Crippen LogP contribution is 2.18. The van der Waals surface area contributed by atoms with E-state index >= 15 is 0 Å². The minimum Gasteiger partial charge on any atom is -0.494 e. The number of carbonyl (C=O) groups is 2. The van der Waals surface area contributed by atoms with E-state index in [2.05, 4.69) is 5.32 Å². The number of amides is 2. The van der Waals surface area contributed by atoms with Crippen LogP contribution in [-0.2, 0) is 4.79 Å². The SMILES string of the molecule is CC(=O)Nc1cc(C(=O)N(C)CCCOc2ccc(Cl)cc2)ccc1C. The molecule has 0 aromatic heterocycles. The highest BCUT2D eigenvalue weighted by molar-refractivity contribution is 6.30. The Morgan fingerprint density at radius 3 is 2.50 bits per heavy atom. The van der Waals surface area contributed by atoms with Crippen LogP contribution in [0, 0.1) is 6.92 Å². The molecule has 0 radical (unpaired) electrons. The van der Waals surface area contributed by atoms with Gasteiger partial charge in [-0.3, -0.25) is 9.59 Å². The summed E-state index contributed by atoms with van der Waals surface area (Å²) < 4.78 is 5.63. The van der Waals surface area contributed by atoms with Gasteiger partial charge in [0, 0.05) is 36.8 Å². The van der Waals surface area contributed by atoms with Gasteiger partial charge >= 0.3 is 0 Å². The average Bonchev–Trinajstić information content (AvgIpc) is 2.61. The lowest BCUT2D eigenvalue weighted by Gasteiger charge is -2.18. The molecule has 0 bridgehead atoms. The average molecular weight is 375 g/mol. The van der Waals surface area contributed by atoms with Crippen molar-refractivity contribution in [2.45, 2.75) is 20.3 Å². The Labute approximate surface area is 158 Å². The number of nitrogens with zero attached hydrogens (tertiary/aromatic N) is 1. The van der Waals surface area contributed by atoms with E-state index in [4.69, 9.17) is 16.3 Å². The van der Waals surface area contributed by atoms with Crippen molar-refractivity contribution < 1.29 is 14.3 Å². The number of aryl methyl sites for hydroxylation is 1. The van der Waals surface area contributed by atoms with Gasteiger partial charge in [-0.05, 0) is 55.3 Å². The molecule has 5 nitrogen and oxygen atoms in total. The van der Waals surface area contributed by atoms with Crippen molar-refractivity contribution in [2.75, 3.05) is 25.5 Å². The fourth-order valence-electron chi connectivity index (χ4n) is 2.42. The molecule has 1 N–H and O–H groups in total. The molecule has 0 heterocycles. The molecule has 0 saturated heterocycles. The van der Waals surface area contributed by atoms with Gasteiger partial charge in [0.15, 0.2) is 0 Å². The van der Waals surface area contributed by atoms with Crippen molar-refractivity contribution in [3.8, 4) is 5.75 Å². The third-order valence-electron chi connectivity index (χ3n) is 3.86. The molecule has 2 aromatic carbocycles. The first-order valence-electron chi connectivity index (χ1n) is 8.39. The van der Waals surface area contributed by atoms with Crippen molar-refractivity contribution >= 4 is 29.1 Å². The van der Waals surface area contributed by atoms with Crippen molar-refractivity contribution in [2.24, 2.45) is 0 Å². The predicted molar refractivity (Wildman–Crippen MR) is 104 cm³/mol. The second-order valence-electron chi connectivity index (χ2n) is 6.09. The second-order valence-corrected chi connectivity index (χ2v) is 6.53. The third-order valence-corrected chi connectivity index (χ3v) is 4.11. The van der Waals surface area contributed by atoms with E-state index in [-0.39, 0.29) is 11.8 Å². The van der Waals surface area contributed by atoms with E-state index in [1.54, 1.807) is 36.2 Å². The second kappa shape index (κ2) is 9.25. The summed E-state index contributed by atoms with van der Waals surface area (Å²) in [6.07, 6.45) is 0.704. The highest BCUT2D eigenvalue weighted by atomic mass is 35.5. The molecule has 2 amide bonds. The van der Waals surface area contributed by atoms with Crippen molar-refractivity contribution in [3.05, 3.63) is 58.6 Å². The Balaban J connectivity index is 1.86. The van der Waals surface area contributed by atoms with Crippen LogP contribution in [0.15, 0.2) is 42.5 Å². The number of carbonyl (C=O) groups excluding carboxylic acids is 2. The zero-order valence-electron chi connectivity index (χ0n) is 15.2. The normalized spacial score (nSPS) is 10.3. The lowest BCUT2D eigenvalue weighted by molar-refractivity contribution is -0.114. The van der Waals surface area contributed by atoms with Gasteiger partial charge in [-0.15, -0.1) is 0 Å². The van der Waals surface area contributed by atoms with Crippen LogP contribution in [0.4, 0.5) is 5.69 Å². The molecule has 0 fully saturated rings. The number of benzene rings is 2. The maximum absolute atomic E-state index is 12.6. The van der Waals surface area contributed by atoms with Gasteiger partial charge in [0.05, 0.1) is 6.61 Å². The molecule has 0 aliphatic heterocycles. The summed E-state index contributed by atoms with van der Waals surface area (Å²) in [5.41, 5.74) is 2.11. The minimum atomic E-state index is -0.162. The van der Waals surface area contributed by atoms with E-state index in [0.717, 1.165) is 11.3 Å². The predicted octanol–water partition coefficient (Wildman–Crippen LogP) is 4.15. The fourth-order valence-corrected chi connectivity index (χ4v) is 2.55. The fraction of sp³-hybridized carbons (Fsp3) is 0.300. The largest absolute Gasteiger partial charge is 0.494 e. The molecule has 2 aromatic rings. The zero-order chi connectivity index (χ0) is 19.1. The van der Waals surface area contributed by atoms with E-state index in [9.17, 15) is 9.59 Å². The maximum atomic E-state index is 12.6. The van der Waals surface area contributed by atoms with E-state index < -0.39 is 0 Å². The zero-order valence-corrected chi connectivity index (χ0v) is 16.0. The van der Waals surface area contributed by atoms with Gasteiger partial charge in [0.2, 0.25) is 5.91 Å². The molecule has 138 valence electrons. The van der Waals surface area contributed by atoms with E-state index in [1.807, 2.05) is 25.1 Å². The Bertz CT molecular complexity index is 775. The number of hydrogen-bond acceptors (Lipinski definition) is 3. The van der Waals surface area contributed by atoms with Crippen LogP contribution in [0.3, 0.4) is 0 Å². The highest BCUT2D eigenvalue weighted by Gasteiger charge is 2.13. The summed E-state index contributed by atoms with van der Waals surface area (Å²) in [7, 11) is 1.75.